The Labute approximate surface area is 143 Å². The Morgan fingerprint density at radius 3 is 2.28 bits per heavy atom. The number of carboxylic acids is 2. The van der Waals surface area contributed by atoms with Crippen LogP contribution >= 0.6 is 0 Å². The largest absolute Gasteiger partial charge is 0.480 e. The SMILES string of the molecule is O=C(O)c1ccccc1NC(=O)N1Cc2ccccc2C[C@H]1C(=O)O. The van der Waals surface area contributed by atoms with Crippen molar-refractivity contribution in [1.82, 2.24) is 4.90 Å². The number of fused-ring (bicyclic) bond motifs is 1. The van der Waals surface area contributed by atoms with Crippen molar-refractivity contribution in [1.29, 1.82) is 0 Å². The van der Waals surface area contributed by atoms with Gasteiger partial charge in [0.1, 0.15) is 6.04 Å². The Balaban J connectivity index is 1.88. The number of anilines is 1. The van der Waals surface area contributed by atoms with Crippen LogP contribution in [0.3, 0.4) is 0 Å². The summed E-state index contributed by atoms with van der Waals surface area (Å²) in [6.45, 7) is 0.147. The number of rotatable bonds is 3. The van der Waals surface area contributed by atoms with Crippen molar-refractivity contribution in [3.05, 3.63) is 65.2 Å². The molecule has 3 rings (SSSR count). The first kappa shape index (κ1) is 16.5. The van der Waals surface area contributed by atoms with Gasteiger partial charge in [-0.3, -0.25) is 0 Å². The van der Waals surface area contributed by atoms with Gasteiger partial charge in [0.05, 0.1) is 11.3 Å². The van der Waals surface area contributed by atoms with E-state index < -0.39 is 24.0 Å². The summed E-state index contributed by atoms with van der Waals surface area (Å²) in [4.78, 5) is 36.7. The van der Waals surface area contributed by atoms with E-state index in [0.29, 0.717) is 0 Å². The zero-order valence-electron chi connectivity index (χ0n) is 13.2. The summed E-state index contributed by atoms with van der Waals surface area (Å²) in [5.41, 5.74) is 1.84. The first-order chi connectivity index (χ1) is 12.0. The van der Waals surface area contributed by atoms with Crippen LogP contribution in [-0.2, 0) is 17.8 Å². The van der Waals surface area contributed by atoms with Gasteiger partial charge in [0.25, 0.3) is 0 Å². The topological polar surface area (TPSA) is 107 Å². The number of carbonyl (C=O) groups excluding carboxylic acids is 1. The minimum atomic E-state index is -1.17. The summed E-state index contributed by atoms with van der Waals surface area (Å²) >= 11 is 0. The molecule has 0 saturated carbocycles. The Morgan fingerprint density at radius 2 is 1.60 bits per heavy atom. The number of aliphatic carboxylic acids is 1. The van der Waals surface area contributed by atoms with Crippen molar-refractivity contribution in [2.75, 3.05) is 5.32 Å². The number of amides is 2. The molecule has 128 valence electrons. The van der Waals surface area contributed by atoms with E-state index in [1.807, 2.05) is 24.3 Å². The van der Waals surface area contributed by atoms with Crippen LogP contribution in [0.4, 0.5) is 10.5 Å². The minimum Gasteiger partial charge on any atom is -0.480 e. The Hall–Kier alpha value is -3.35. The standard InChI is InChI=1S/C18H16N2O5/c21-16(22)13-7-3-4-8-14(13)19-18(25)20-10-12-6-2-1-5-11(12)9-15(20)17(23)24/h1-8,15H,9-10H2,(H,19,25)(H,21,22)(H,23,24)/t15-/m0/s1. The van der Waals surface area contributed by atoms with Gasteiger partial charge in [-0.25, -0.2) is 14.4 Å². The molecule has 0 aliphatic carbocycles. The Kier molecular flexibility index (Phi) is 4.38. The van der Waals surface area contributed by atoms with E-state index in [0.717, 1.165) is 11.1 Å². The number of nitrogens with zero attached hydrogens (tertiary/aromatic N) is 1. The number of hydrogen-bond donors (Lipinski definition) is 3. The van der Waals surface area contributed by atoms with Crippen molar-refractivity contribution >= 4 is 23.7 Å². The number of nitrogens with one attached hydrogen (secondary N) is 1. The lowest BCUT2D eigenvalue weighted by atomic mass is 9.94. The van der Waals surface area contributed by atoms with Gasteiger partial charge in [-0.2, -0.15) is 0 Å². The first-order valence-corrected chi connectivity index (χ1v) is 7.67. The van der Waals surface area contributed by atoms with Gasteiger partial charge in [0.2, 0.25) is 0 Å². The number of carbonyl (C=O) groups is 3. The molecule has 3 N–H and O–H groups in total. The van der Waals surface area contributed by atoms with Gasteiger partial charge in [0.15, 0.2) is 0 Å². The van der Waals surface area contributed by atoms with Crippen molar-refractivity contribution in [2.24, 2.45) is 0 Å². The maximum absolute atomic E-state index is 12.6. The number of para-hydroxylation sites is 1. The summed E-state index contributed by atoms with van der Waals surface area (Å²) in [5, 5.41) is 21.2. The fourth-order valence-corrected chi connectivity index (χ4v) is 2.92. The summed E-state index contributed by atoms with van der Waals surface area (Å²) in [7, 11) is 0. The van der Waals surface area contributed by atoms with Crippen LogP contribution < -0.4 is 5.32 Å². The van der Waals surface area contributed by atoms with E-state index in [1.54, 1.807) is 12.1 Å². The van der Waals surface area contributed by atoms with Crippen LogP contribution in [0.5, 0.6) is 0 Å². The molecule has 2 aromatic carbocycles. The number of benzene rings is 2. The zero-order valence-corrected chi connectivity index (χ0v) is 13.2. The molecule has 0 saturated heterocycles. The molecule has 7 nitrogen and oxygen atoms in total. The van der Waals surface area contributed by atoms with Crippen LogP contribution in [0.25, 0.3) is 0 Å². The molecule has 2 aromatic rings. The highest BCUT2D eigenvalue weighted by atomic mass is 16.4. The molecule has 1 aliphatic rings. The predicted molar refractivity (Wildman–Crippen MR) is 89.5 cm³/mol. The molecular weight excluding hydrogens is 324 g/mol. The van der Waals surface area contributed by atoms with Crippen LogP contribution in [0, 0.1) is 0 Å². The van der Waals surface area contributed by atoms with E-state index in [2.05, 4.69) is 5.32 Å². The van der Waals surface area contributed by atoms with E-state index in [1.165, 1.54) is 17.0 Å². The monoisotopic (exact) mass is 340 g/mol. The predicted octanol–water partition coefficient (Wildman–Crippen LogP) is 2.43. The molecule has 0 fully saturated rings. The highest BCUT2D eigenvalue weighted by Crippen LogP contribution is 2.25. The minimum absolute atomic E-state index is 0.0554. The van der Waals surface area contributed by atoms with Gasteiger partial charge in [-0.05, 0) is 23.3 Å². The molecule has 1 heterocycles. The number of carboxylic acid groups (broad SMARTS) is 2. The third-order valence-corrected chi connectivity index (χ3v) is 4.19. The normalized spacial score (nSPS) is 16.0. The molecule has 7 heteroatoms. The molecular formula is C18H16N2O5. The van der Waals surface area contributed by atoms with Crippen LogP contribution in [0.2, 0.25) is 0 Å². The molecule has 1 atom stereocenters. The van der Waals surface area contributed by atoms with Gasteiger partial charge in [0, 0.05) is 13.0 Å². The molecule has 0 unspecified atom stereocenters. The Bertz CT molecular complexity index is 849. The summed E-state index contributed by atoms with van der Waals surface area (Å²) in [6, 6.07) is 11.7. The lowest BCUT2D eigenvalue weighted by Crippen LogP contribution is -2.50. The molecule has 0 radical (unpaired) electrons. The second-order valence-electron chi connectivity index (χ2n) is 5.74. The summed E-state index contributed by atoms with van der Waals surface area (Å²) in [5.74, 6) is -2.27. The second kappa shape index (κ2) is 6.64. The van der Waals surface area contributed by atoms with Crippen LogP contribution in [0.1, 0.15) is 21.5 Å². The van der Waals surface area contributed by atoms with E-state index >= 15 is 0 Å². The van der Waals surface area contributed by atoms with E-state index in [-0.39, 0.29) is 24.2 Å². The quantitative estimate of drug-likeness (QED) is 0.795. The fraction of sp³-hybridized carbons (Fsp3) is 0.167. The van der Waals surface area contributed by atoms with Gasteiger partial charge in [-0.15, -0.1) is 0 Å². The smallest absolute Gasteiger partial charge is 0.337 e. The fourth-order valence-electron chi connectivity index (χ4n) is 2.92. The zero-order chi connectivity index (χ0) is 18.0. The van der Waals surface area contributed by atoms with Crippen molar-refractivity contribution in [3.63, 3.8) is 0 Å². The van der Waals surface area contributed by atoms with E-state index in [4.69, 9.17) is 0 Å². The van der Waals surface area contributed by atoms with Gasteiger partial charge in [-0.1, -0.05) is 36.4 Å². The second-order valence-corrected chi connectivity index (χ2v) is 5.74. The highest BCUT2D eigenvalue weighted by Gasteiger charge is 2.34. The number of aromatic carboxylic acids is 1. The van der Waals surface area contributed by atoms with Crippen molar-refractivity contribution < 1.29 is 24.6 Å². The lowest BCUT2D eigenvalue weighted by Gasteiger charge is -2.34. The number of hydrogen-bond acceptors (Lipinski definition) is 3. The third kappa shape index (κ3) is 3.30. The number of urea groups is 1. The highest BCUT2D eigenvalue weighted by molar-refractivity contribution is 6.00. The van der Waals surface area contributed by atoms with Gasteiger partial charge < -0.3 is 20.4 Å². The third-order valence-electron chi connectivity index (χ3n) is 4.19. The first-order valence-electron chi connectivity index (χ1n) is 7.67. The maximum Gasteiger partial charge on any atom is 0.337 e. The molecule has 0 aromatic heterocycles. The molecule has 2 amide bonds. The average molecular weight is 340 g/mol. The maximum atomic E-state index is 12.6. The van der Waals surface area contributed by atoms with Crippen molar-refractivity contribution in [2.45, 2.75) is 19.0 Å². The Morgan fingerprint density at radius 1 is 0.960 bits per heavy atom. The van der Waals surface area contributed by atoms with Gasteiger partial charge >= 0.3 is 18.0 Å². The van der Waals surface area contributed by atoms with Crippen LogP contribution in [-0.4, -0.2) is 39.1 Å². The molecule has 0 spiro atoms. The molecule has 0 bridgehead atoms. The average Bonchev–Trinajstić information content (AvgIpc) is 2.60. The molecule has 25 heavy (non-hydrogen) atoms. The van der Waals surface area contributed by atoms with E-state index in [9.17, 15) is 24.6 Å². The summed E-state index contributed by atoms with van der Waals surface area (Å²) < 4.78 is 0. The molecule has 1 aliphatic heterocycles. The van der Waals surface area contributed by atoms with Crippen LogP contribution in [0.15, 0.2) is 48.5 Å². The summed E-state index contributed by atoms with van der Waals surface area (Å²) in [6.07, 6.45) is 0.208. The lowest BCUT2D eigenvalue weighted by molar-refractivity contribution is -0.142. The van der Waals surface area contributed by atoms with Crippen molar-refractivity contribution in [3.8, 4) is 0 Å².